The lowest BCUT2D eigenvalue weighted by atomic mass is 10.3. The molecule has 0 bridgehead atoms. The Morgan fingerprint density at radius 3 is 2.33 bits per heavy atom. The van der Waals surface area contributed by atoms with Gasteiger partial charge in [0.2, 0.25) is 0 Å². The molecule has 1 heterocycles. The highest BCUT2D eigenvalue weighted by Gasteiger charge is 2.23. The SMILES string of the molecule is Cc1csc(N(C)S(=O)(=O)c2ccc(OC(C)C)cc2)n1. The van der Waals surface area contributed by atoms with Crippen molar-refractivity contribution in [2.24, 2.45) is 0 Å². The number of ether oxygens (including phenoxy) is 1. The number of hydrogen-bond donors (Lipinski definition) is 0. The molecule has 1 aromatic carbocycles. The second-order valence-corrected chi connectivity index (χ2v) is 7.69. The van der Waals surface area contributed by atoms with Gasteiger partial charge in [-0.2, -0.15) is 0 Å². The van der Waals surface area contributed by atoms with Crippen LogP contribution in [0.3, 0.4) is 0 Å². The lowest BCUT2D eigenvalue weighted by molar-refractivity contribution is 0.242. The number of nitrogens with zero attached hydrogens (tertiary/aromatic N) is 2. The van der Waals surface area contributed by atoms with E-state index >= 15 is 0 Å². The quantitative estimate of drug-likeness (QED) is 0.847. The maximum absolute atomic E-state index is 12.5. The molecule has 0 amide bonds. The van der Waals surface area contributed by atoms with Gasteiger partial charge in [0.15, 0.2) is 5.13 Å². The first-order chi connectivity index (χ1) is 9.80. The normalized spacial score (nSPS) is 11.7. The fourth-order valence-corrected chi connectivity index (χ4v) is 3.85. The molecule has 0 atom stereocenters. The minimum absolute atomic E-state index is 0.0495. The van der Waals surface area contributed by atoms with E-state index < -0.39 is 10.0 Å². The summed E-state index contributed by atoms with van der Waals surface area (Å²) in [5, 5.41) is 2.27. The first-order valence-corrected chi connectivity index (χ1v) is 8.80. The Kier molecular flexibility index (Phi) is 4.53. The van der Waals surface area contributed by atoms with Crippen molar-refractivity contribution in [3.8, 4) is 5.75 Å². The Morgan fingerprint density at radius 2 is 1.86 bits per heavy atom. The molecule has 5 nitrogen and oxygen atoms in total. The average molecular weight is 326 g/mol. The molecule has 0 aliphatic carbocycles. The summed E-state index contributed by atoms with van der Waals surface area (Å²) in [6.45, 7) is 5.67. The van der Waals surface area contributed by atoms with Crippen LogP contribution in [0.5, 0.6) is 5.75 Å². The zero-order chi connectivity index (χ0) is 15.6. The fourth-order valence-electron chi connectivity index (χ4n) is 1.71. The highest BCUT2D eigenvalue weighted by Crippen LogP contribution is 2.26. The molecule has 0 saturated heterocycles. The number of hydrogen-bond acceptors (Lipinski definition) is 5. The molecule has 0 saturated carbocycles. The highest BCUT2D eigenvalue weighted by molar-refractivity contribution is 7.93. The molecule has 0 N–H and O–H groups in total. The third-order valence-corrected chi connectivity index (χ3v) is 5.64. The Labute approximate surface area is 129 Å². The van der Waals surface area contributed by atoms with Crippen molar-refractivity contribution in [1.29, 1.82) is 0 Å². The average Bonchev–Trinajstić information content (AvgIpc) is 2.84. The van der Waals surface area contributed by atoms with Gasteiger partial charge in [-0.3, -0.25) is 0 Å². The van der Waals surface area contributed by atoms with Crippen LogP contribution in [-0.2, 0) is 10.0 Å². The lowest BCUT2D eigenvalue weighted by Gasteiger charge is -2.17. The summed E-state index contributed by atoms with van der Waals surface area (Å²) >= 11 is 1.30. The van der Waals surface area contributed by atoms with E-state index in [0.29, 0.717) is 10.9 Å². The molecule has 114 valence electrons. The van der Waals surface area contributed by atoms with E-state index in [1.54, 1.807) is 24.3 Å². The topological polar surface area (TPSA) is 59.5 Å². The summed E-state index contributed by atoms with van der Waals surface area (Å²) < 4.78 is 31.8. The number of sulfonamides is 1. The maximum Gasteiger partial charge on any atom is 0.265 e. The van der Waals surface area contributed by atoms with Gasteiger partial charge in [0.05, 0.1) is 16.7 Å². The molecular formula is C14H18N2O3S2. The summed E-state index contributed by atoms with van der Waals surface area (Å²) in [6.07, 6.45) is 0.0495. The molecule has 0 unspecified atom stereocenters. The standard InChI is InChI=1S/C14H18N2O3S2/c1-10(2)19-12-5-7-13(8-6-12)21(17,18)16(4)14-15-11(3)9-20-14/h5-10H,1-4H3. The number of aryl methyl sites for hydroxylation is 1. The molecule has 0 spiro atoms. The number of aromatic nitrogens is 1. The fraction of sp³-hybridized carbons (Fsp3) is 0.357. The van der Waals surface area contributed by atoms with Crippen LogP contribution in [0.25, 0.3) is 0 Å². The Hall–Kier alpha value is -1.60. The molecule has 21 heavy (non-hydrogen) atoms. The van der Waals surface area contributed by atoms with Crippen molar-refractivity contribution >= 4 is 26.5 Å². The molecule has 7 heteroatoms. The van der Waals surface area contributed by atoms with Gasteiger partial charge < -0.3 is 4.74 Å². The third-order valence-electron chi connectivity index (χ3n) is 2.73. The van der Waals surface area contributed by atoms with Crippen LogP contribution in [0.4, 0.5) is 5.13 Å². The van der Waals surface area contributed by atoms with E-state index in [1.165, 1.54) is 22.7 Å². The smallest absolute Gasteiger partial charge is 0.265 e. The van der Waals surface area contributed by atoms with Gasteiger partial charge in [-0.1, -0.05) is 0 Å². The minimum atomic E-state index is -3.60. The van der Waals surface area contributed by atoms with Crippen LogP contribution in [-0.4, -0.2) is 26.6 Å². The first kappa shape index (κ1) is 15.8. The van der Waals surface area contributed by atoms with E-state index in [4.69, 9.17) is 4.74 Å². The van der Waals surface area contributed by atoms with Gasteiger partial charge in [0, 0.05) is 12.4 Å². The second kappa shape index (κ2) is 6.03. The summed E-state index contributed by atoms with van der Waals surface area (Å²) in [4.78, 5) is 4.42. The molecular weight excluding hydrogens is 308 g/mol. The van der Waals surface area contributed by atoms with Crippen molar-refractivity contribution < 1.29 is 13.2 Å². The Morgan fingerprint density at radius 1 is 1.24 bits per heavy atom. The molecule has 0 aliphatic rings. The molecule has 2 rings (SSSR count). The summed E-state index contributed by atoms with van der Waals surface area (Å²) in [7, 11) is -2.09. The number of thiazole rings is 1. The maximum atomic E-state index is 12.5. The predicted molar refractivity (Wildman–Crippen MR) is 84.6 cm³/mol. The summed E-state index contributed by atoms with van der Waals surface area (Å²) in [6, 6.07) is 6.41. The predicted octanol–water partition coefficient (Wildman–Crippen LogP) is 3.06. The Balaban J connectivity index is 2.27. The zero-order valence-corrected chi connectivity index (χ0v) is 14.0. The van der Waals surface area contributed by atoms with Crippen LogP contribution in [0.1, 0.15) is 19.5 Å². The zero-order valence-electron chi connectivity index (χ0n) is 12.4. The first-order valence-electron chi connectivity index (χ1n) is 6.48. The van der Waals surface area contributed by atoms with Crippen LogP contribution in [0.2, 0.25) is 0 Å². The van der Waals surface area contributed by atoms with Crippen LogP contribution >= 0.6 is 11.3 Å². The van der Waals surface area contributed by atoms with Gasteiger partial charge in [-0.25, -0.2) is 17.7 Å². The summed E-state index contributed by atoms with van der Waals surface area (Å²) in [5.41, 5.74) is 0.803. The monoisotopic (exact) mass is 326 g/mol. The van der Waals surface area contributed by atoms with Crippen LogP contribution in [0, 0.1) is 6.92 Å². The van der Waals surface area contributed by atoms with Crippen LogP contribution in [0.15, 0.2) is 34.5 Å². The second-order valence-electron chi connectivity index (χ2n) is 4.88. The van der Waals surface area contributed by atoms with Crippen molar-refractivity contribution in [1.82, 2.24) is 4.98 Å². The summed E-state index contributed by atoms with van der Waals surface area (Å²) in [5.74, 6) is 0.650. The van der Waals surface area contributed by atoms with E-state index in [0.717, 1.165) is 5.69 Å². The molecule has 0 aliphatic heterocycles. The molecule has 2 aromatic rings. The van der Waals surface area contributed by atoms with Gasteiger partial charge in [-0.15, -0.1) is 11.3 Å². The van der Waals surface area contributed by atoms with Crippen LogP contribution < -0.4 is 9.04 Å². The van der Waals surface area contributed by atoms with Gasteiger partial charge in [0.1, 0.15) is 5.75 Å². The number of rotatable bonds is 5. The van der Waals surface area contributed by atoms with Crippen molar-refractivity contribution in [3.63, 3.8) is 0 Å². The van der Waals surface area contributed by atoms with Crippen molar-refractivity contribution in [3.05, 3.63) is 35.3 Å². The van der Waals surface area contributed by atoms with Gasteiger partial charge >= 0.3 is 0 Å². The van der Waals surface area contributed by atoms with Crippen molar-refractivity contribution in [2.75, 3.05) is 11.4 Å². The van der Waals surface area contributed by atoms with Gasteiger partial charge in [-0.05, 0) is 45.0 Å². The van der Waals surface area contributed by atoms with E-state index in [9.17, 15) is 8.42 Å². The largest absolute Gasteiger partial charge is 0.491 e. The van der Waals surface area contributed by atoms with E-state index in [1.807, 2.05) is 26.2 Å². The third kappa shape index (κ3) is 3.54. The molecule has 1 aromatic heterocycles. The Bertz CT molecular complexity index is 706. The molecule has 0 radical (unpaired) electrons. The lowest BCUT2D eigenvalue weighted by Crippen LogP contribution is -2.26. The highest BCUT2D eigenvalue weighted by atomic mass is 32.2. The van der Waals surface area contributed by atoms with E-state index in [-0.39, 0.29) is 11.0 Å². The number of benzene rings is 1. The van der Waals surface area contributed by atoms with Gasteiger partial charge in [0.25, 0.3) is 10.0 Å². The van der Waals surface area contributed by atoms with Crippen molar-refractivity contribution in [2.45, 2.75) is 31.8 Å². The van der Waals surface area contributed by atoms with E-state index in [2.05, 4.69) is 4.98 Å². The number of anilines is 1. The minimum Gasteiger partial charge on any atom is -0.491 e. The molecule has 0 fully saturated rings.